The van der Waals surface area contributed by atoms with E-state index in [1.807, 2.05) is 78.1 Å². The molecule has 0 amide bonds. The Bertz CT molecular complexity index is 3530. The second kappa shape index (κ2) is 12.6. The van der Waals surface area contributed by atoms with Gasteiger partial charge in [0.15, 0.2) is 17.5 Å². The van der Waals surface area contributed by atoms with Gasteiger partial charge in [-0.25, -0.2) is 15.0 Å². The standard InChI is InChI=1S/C51H29N3O2S/c1-2-12-31(13-3-1)49-52-50(54-51(53-49)39-18-10-21-42-45(39)36-14-4-7-19-40(36)55-42)32-26-24-30(25-27-32)33-28-29-35(47-37-15-5-8-20-41(37)56-48(33)47)34-17-11-23-44-46(34)38-16-6-9-22-43(38)57-44/h1-29H. The Labute approximate surface area is 330 Å². The van der Waals surface area contributed by atoms with Crippen LogP contribution < -0.4 is 0 Å². The Morgan fingerprint density at radius 1 is 0.316 bits per heavy atom. The van der Waals surface area contributed by atoms with Gasteiger partial charge in [-0.2, -0.15) is 0 Å². The van der Waals surface area contributed by atoms with Gasteiger partial charge in [-0.15, -0.1) is 11.3 Å². The number of benzene rings is 8. The fourth-order valence-electron chi connectivity index (χ4n) is 8.38. The zero-order valence-electron chi connectivity index (χ0n) is 30.3. The highest BCUT2D eigenvalue weighted by Gasteiger charge is 2.21. The van der Waals surface area contributed by atoms with Gasteiger partial charge < -0.3 is 8.83 Å². The minimum Gasteiger partial charge on any atom is -0.456 e. The van der Waals surface area contributed by atoms with Crippen LogP contribution in [0.25, 0.3) is 120 Å². The lowest BCUT2D eigenvalue weighted by Crippen LogP contribution is -2.00. The SMILES string of the molecule is c1ccc(-c2nc(-c3ccc(-c4ccc(-c5cccc6sc7ccccc7c56)c5c4oc4ccccc45)cc3)nc(-c3cccc4oc5ccccc5c34)n2)cc1. The molecule has 5 nitrogen and oxygen atoms in total. The molecule has 0 spiro atoms. The van der Waals surface area contributed by atoms with Crippen LogP contribution in [0.4, 0.5) is 0 Å². The fraction of sp³-hybridized carbons (Fsp3) is 0. The summed E-state index contributed by atoms with van der Waals surface area (Å²) in [5.41, 5.74) is 10.5. The van der Waals surface area contributed by atoms with Gasteiger partial charge >= 0.3 is 0 Å². The lowest BCUT2D eigenvalue weighted by Gasteiger charge is -2.11. The number of hydrogen-bond acceptors (Lipinski definition) is 6. The molecular formula is C51H29N3O2S. The van der Waals surface area contributed by atoms with Crippen molar-refractivity contribution in [1.29, 1.82) is 0 Å². The van der Waals surface area contributed by atoms with E-state index in [2.05, 4.69) is 109 Å². The summed E-state index contributed by atoms with van der Waals surface area (Å²) in [5.74, 6) is 1.79. The molecule has 0 aliphatic rings. The largest absolute Gasteiger partial charge is 0.456 e. The highest BCUT2D eigenvalue weighted by atomic mass is 32.1. The molecule has 0 radical (unpaired) electrons. The van der Waals surface area contributed by atoms with Crippen molar-refractivity contribution < 1.29 is 8.83 Å². The van der Waals surface area contributed by atoms with E-state index in [1.165, 1.54) is 25.7 Å². The first-order valence-corrected chi connectivity index (χ1v) is 19.7. The summed E-state index contributed by atoms with van der Waals surface area (Å²) in [5, 5.41) is 6.79. The Balaban J connectivity index is 1.01. The quantitative estimate of drug-likeness (QED) is 0.175. The molecule has 0 fully saturated rings. The van der Waals surface area contributed by atoms with Gasteiger partial charge in [0.25, 0.3) is 0 Å². The smallest absolute Gasteiger partial charge is 0.164 e. The highest BCUT2D eigenvalue weighted by molar-refractivity contribution is 7.25. The van der Waals surface area contributed by atoms with Crippen LogP contribution in [0.2, 0.25) is 0 Å². The molecule has 0 saturated carbocycles. The molecular weight excluding hydrogens is 719 g/mol. The van der Waals surface area contributed by atoms with Crippen LogP contribution in [0, 0.1) is 0 Å². The molecule has 4 heterocycles. The van der Waals surface area contributed by atoms with Gasteiger partial charge in [-0.05, 0) is 53.1 Å². The van der Waals surface area contributed by atoms with E-state index in [0.29, 0.717) is 17.5 Å². The van der Waals surface area contributed by atoms with Crippen LogP contribution >= 0.6 is 11.3 Å². The number of aromatic nitrogens is 3. The highest BCUT2D eigenvalue weighted by Crippen LogP contribution is 2.46. The third kappa shape index (κ3) is 5.04. The number of hydrogen-bond donors (Lipinski definition) is 0. The van der Waals surface area contributed by atoms with Gasteiger partial charge in [0.1, 0.15) is 22.3 Å². The molecule has 12 rings (SSSR count). The van der Waals surface area contributed by atoms with E-state index in [4.69, 9.17) is 23.8 Å². The summed E-state index contributed by atoms with van der Waals surface area (Å²) >= 11 is 1.84. The molecule has 4 aromatic heterocycles. The van der Waals surface area contributed by atoms with Crippen molar-refractivity contribution in [2.45, 2.75) is 0 Å². The average molecular weight is 748 g/mol. The van der Waals surface area contributed by atoms with Crippen LogP contribution in [0.5, 0.6) is 0 Å². The molecule has 0 unspecified atom stereocenters. The second-order valence-electron chi connectivity index (χ2n) is 14.3. The third-order valence-corrected chi connectivity index (χ3v) is 12.1. The predicted octanol–water partition coefficient (Wildman–Crippen LogP) is 14.4. The lowest BCUT2D eigenvalue weighted by molar-refractivity contribution is 0.669. The Morgan fingerprint density at radius 2 is 0.860 bits per heavy atom. The summed E-state index contributed by atoms with van der Waals surface area (Å²) in [6.07, 6.45) is 0. The van der Waals surface area contributed by atoms with E-state index in [0.717, 1.165) is 77.3 Å². The second-order valence-corrected chi connectivity index (χ2v) is 15.4. The summed E-state index contributed by atoms with van der Waals surface area (Å²) in [6.45, 7) is 0. The normalized spacial score (nSPS) is 11.9. The van der Waals surface area contributed by atoms with Crippen molar-refractivity contribution in [1.82, 2.24) is 15.0 Å². The maximum atomic E-state index is 6.75. The third-order valence-electron chi connectivity index (χ3n) is 11.0. The number of para-hydroxylation sites is 2. The van der Waals surface area contributed by atoms with E-state index in [9.17, 15) is 0 Å². The predicted molar refractivity (Wildman–Crippen MR) is 234 cm³/mol. The van der Waals surface area contributed by atoms with Gasteiger partial charge in [0.05, 0.1) is 0 Å². The molecule has 8 aromatic carbocycles. The zero-order chi connectivity index (χ0) is 37.5. The van der Waals surface area contributed by atoms with Crippen molar-refractivity contribution in [3.63, 3.8) is 0 Å². The number of fused-ring (bicyclic) bond motifs is 9. The summed E-state index contributed by atoms with van der Waals surface area (Å²) in [7, 11) is 0. The zero-order valence-corrected chi connectivity index (χ0v) is 31.1. The minimum atomic E-state index is 0.591. The van der Waals surface area contributed by atoms with E-state index in [1.54, 1.807) is 0 Å². The molecule has 12 aromatic rings. The van der Waals surface area contributed by atoms with Crippen molar-refractivity contribution in [3.8, 4) is 56.4 Å². The maximum absolute atomic E-state index is 6.75. The van der Waals surface area contributed by atoms with Crippen molar-refractivity contribution >= 4 is 75.4 Å². The number of rotatable bonds is 5. The molecule has 6 heteroatoms. The van der Waals surface area contributed by atoms with Crippen LogP contribution in [0.3, 0.4) is 0 Å². The summed E-state index contributed by atoms with van der Waals surface area (Å²) in [6, 6.07) is 60.8. The maximum Gasteiger partial charge on any atom is 0.164 e. The van der Waals surface area contributed by atoms with Crippen LogP contribution in [0.15, 0.2) is 185 Å². The topological polar surface area (TPSA) is 65.0 Å². The fourth-order valence-corrected chi connectivity index (χ4v) is 9.51. The van der Waals surface area contributed by atoms with E-state index in [-0.39, 0.29) is 0 Å². The first kappa shape index (κ1) is 31.9. The van der Waals surface area contributed by atoms with Crippen molar-refractivity contribution in [2.75, 3.05) is 0 Å². The first-order chi connectivity index (χ1) is 28.2. The van der Waals surface area contributed by atoms with Crippen LogP contribution in [-0.4, -0.2) is 15.0 Å². The van der Waals surface area contributed by atoms with Crippen LogP contribution in [0.1, 0.15) is 0 Å². The molecule has 57 heavy (non-hydrogen) atoms. The van der Waals surface area contributed by atoms with E-state index >= 15 is 0 Å². The van der Waals surface area contributed by atoms with E-state index < -0.39 is 0 Å². The summed E-state index contributed by atoms with van der Waals surface area (Å²) in [4.78, 5) is 15.2. The molecule has 0 aliphatic heterocycles. The monoisotopic (exact) mass is 747 g/mol. The molecule has 266 valence electrons. The van der Waals surface area contributed by atoms with Gasteiger partial charge in [-0.1, -0.05) is 140 Å². The summed E-state index contributed by atoms with van der Waals surface area (Å²) < 4.78 is 15.6. The Kier molecular flexibility index (Phi) is 7.03. The van der Waals surface area contributed by atoms with Crippen LogP contribution in [-0.2, 0) is 0 Å². The number of furan rings is 2. The molecule has 0 bridgehead atoms. The first-order valence-electron chi connectivity index (χ1n) is 18.9. The number of nitrogens with zero attached hydrogens (tertiary/aromatic N) is 3. The van der Waals surface area contributed by atoms with Gasteiger partial charge in [0, 0.05) is 64.0 Å². The number of thiophene rings is 1. The average Bonchev–Trinajstić information content (AvgIpc) is 3.98. The molecule has 0 saturated heterocycles. The molecule has 0 aliphatic carbocycles. The Morgan fingerprint density at radius 3 is 1.67 bits per heavy atom. The van der Waals surface area contributed by atoms with Crippen molar-refractivity contribution in [3.05, 3.63) is 176 Å². The molecule has 0 atom stereocenters. The van der Waals surface area contributed by atoms with Crippen molar-refractivity contribution in [2.24, 2.45) is 0 Å². The molecule has 0 N–H and O–H groups in total. The Hall–Kier alpha value is -7.41. The van der Waals surface area contributed by atoms with Gasteiger partial charge in [-0.3, -0.25) is 0 Å². The lowest BCUT2D eigenvalue weighted by atomic mass is 9.92. The minimum absolute atomic E-state index is 0.591. The van der Waals surface area contributed by atoms with Gasteiger partial charge in [0.2, 0.25) is 0 Å².